The van der Waals surface area contributed by atoms with Gasteiger partial charge >= 0.3 is 8.80 Å². The van der Waals surface area contributed by atoms with Crippen LogP contribution in [0.4, 0.5) is 0 Å². The third kappa shape index (κ3) is 11.6. The van der Waals surface area contributed by atoms with Crippen molar-refractivity contribution in [1.29, 1.82) is 0 Å². The van der Waals surface area contributed by atoms with Crippen molar-refractivity contribution in [2.45, 2.75) is 121 Å². The molecular formula is C22H52O3Si3. The number of hydrogen-bond donors (Lipinski definition) is 0. The van der Waals surface area contributed by atoms with Crippen LogP contribution < -0.4 is 0 Å². The van der Waals surface area contributed by atoms with Crippen LogP contribution in [0, 0.1) is 0 Å². The predicted molar refractivity (Wildman–Crippen MR) is 133 cm³/mol. The molecule has 0 heterocycles. The highest BCUT2D eigenvalue weighted by Crippen LogP contribution is 2.34. The van der Waals surface area contributed by atoms with E-state index in [0.717, 1.165) is 18.0 Å². The van der Waals surface area contributed by atoms with Gasteiger partial charge in [-0.2, -0.15) is 0 Å². The fraction of sp³-hybridized carbons (Fsp3) is 1.00. The lowest BCUT2D eigenvalue weighted by Gasteiger charge is -2.33. The molecule has 0 spiro atoms. The number of rotatable bonds is 18. The summed E-state index contributed by atoms with van der Waals surface area (Å²) in [6.07, 6.45) is 10.8. The van der Waals surface area contributed by atoms with Crippen LogP contribution in [0.25, 0.3) is 0 Å². The zero-order valence-electron chi connectivity index (χ0n) is 20.8. The normalized spacial score (nSPS) is 14.5. The smallest absolute Gasteiger partial charge is 0.377 e. The third-order valence-electron chi connectivity index (χ3n) is 7.02. The fourth-order valence-corrected chi connectivity index (χ4v) is 14.2. The summed E-state index contributed by atoms with van der Waals surface area (Å²) < 4.78 is 16.5. The van der Waals surface area contributed by atoms with Gasteiger partial charge in [0, 0.05) is 43.5 Å². The molecule has 0 bridgehead atoms. The molecule has 170 valence electrons. The average Bonchev–Trinajstić information content (AvgIpc) is 2.66. The largest absolute Gasteiger partial charge is 0.500 e. The first-order chi connectivity index (χ1) is 13.1. The summed E-state index contributed by atoms with van der Waals surface area (Å²) in [5.74, 6) is 0. The minimum Gasteiger partial charge on any atom is -0.377 e. The average molecular weight is 449 g/mol. The van der Waals surface area contributed by atoms with Gasteiger partial charge in [-0.3, -0.25) is 0 Å². The lowest BCUT2D eigenvalue weighted by Crippen LogP contribution is -2.42. The monoisotopic (exact) mass is 448 g/mol. The first-order valence-electron chi connectivity index (χ1n) is 11.7. The van der Waals surface area contributed by atoms with Crippen LogP contribution in [0.15, 0.2) is 0 Å². The van der Waals surface area contributed by atoms with E-state index in [1.165, 1.54) is 51.0 Å². The summed E-state index contributed by atoms with van der Waals surface area (Å²) in [4.78, 5) is 0. The molecule has 28 heavy (non-hydrogen) atoms. The Hall–Kier alpha value is 0.531. The Balaban J connectivity index is 3.92. The minimum atomic E-state index is -2.35. The Morgan fingerprint density at radius 3 is 1.57 bits per heavy atom. The lowest BCUT2D eigenvalue weighted by molar-refractivity contribution is 0.122. The maximum absolute atomic E-state index is 5.50. The standard InChI is InChI=1S/C22H52O3Si3/c1-10-17-22(2)27(8,9)21-20-26(6,7)18-15-13-11-12-14-16-19-28(23-3,24-4)25-5/h22H,10-21H2,1-9H3. The second kappa shape index (κ2) is 14.5. The summed E-state index contributed by atoms with van der Waals surface area (Å²) in [6.45, 7) is 15.4. The van der Waals surface area contributed by atoms with Gasteiger partial charge in [-0.1, -0.05) is 103 Å². The van der Waals surface area contributed by atoms with Gasteiger partial charge in [-0.05, 0) is 12.0 Å². The molecular weight excluding hydrogens is 396 g/mol. The highest BCUT2D eigenvalue weighted by molar-refractivity contribution is 6.83. The molecule has 0 aromatic rings. The van der Waals surface area contributed by atoms with Gasteiger partial charge in [-0.15, -0.1) is 0 Å². The Labute approximate surface area is 180 Å². The van der Waals surface area contributed by atoms with Crippen LogP contribution in [0.5, 0.6) is 0 Å². The van der Waals surface area contributed by atoms with Gasteiger partial charge in [0.2, 0.25) is 0 Å². The van der Waals surface area contributed by atoms with Crippen molar-refractivity contribution >= 4 is 25.0 Å². The molecule has 0 fully saturated rings. The Morgan fingerprint density at radius 1 is 0.643 bits per heavy atom. The quantitative estimate of drug-likeness (QED) is 0.158. The SMILES string of the molecule is CCCC(C)[Si](C)(C)CC[Si](C)(C)CCCCCCCC[Si](OC)(OC)OC. The van der Waals surface area contributed by atoms with Crippen molar-refractivity contribution in [2.75, 3.05) is 21.3 Å². The molecule has 0 rings (SSSR count). The van der Waals surface area contributed by atoms with Gasteiger partial charge in [0.25, 0.3) is 0 Å². The van der Waals surface area contributed by atoms with Crippen molar-refractivity contribution < 1.29 is 13.3 Å². The summed E-state index contributed by atoms with van der Waals surface area (Å²) in [7, 11) is 0.744. The fourth-order valence-electron chi connectivity index (χ4n) is 4.06. The van der Waals surface area contributed by atoms with E-state index in [2.05, 4.69) is 40.0 Å². The van der Waals surface area contributed by atoms with E-state index < -0.39 is 25.0 Å². The molecule has 0 aliphatic carbocycles. The lowest BCUT2D eigenvalue weighted by atomic mass is 10.1. The first-order valence-corrected chi connectivity index (χ1v) is 20.4. The van der Waals surface area contributed by atoms with Crippen LogP contribution in [0.2, 0.25) is 55.9 Å². The molecule has 3 nitrogen and oxygen atoms in total. The van der Waals surface area contributed by atoms with Gasteiger partial charge in [0.15, 0.2) is 0 Å². The zero-order valence-corrected chi connectivity index (χ0v) is 23.8. The van der Waals surface area contributed by atoms with Crippen molar-refractivity contribution in [1.82, 2.24) is 0 Å². The molecule has 0 N–H and O–H groups in total. The summed E-state index contributed by atoms with van der Waals surface area (Å²) >= 11 is 0. The topological polar surface area (TPSA) is 27.7 Å². The van der Waals surface area contributed by atoms with Gasteiger partial charge in [0.05, 0.1) is 0 Å². The molecule has 0 saturated heterocycles. The van der Waals surface area contributed by atoms with E-state index >= 15 is 0 Å². The molecule has 1 unspecified atom stereocenters. The Bertz CT molecular complexity index is 377. The van der Waals surface area contributed by atoms with Gasteiger partial charge in [-0.25, -0.2) is 0 Å². The van der Waals surface area contributed by atoms with Crippen LogP contribution in [0.1, 0.15) is 65.2 Å². The number of hydrogen-bond acceptors (Lipinski definition) is 3. The molecule has 0 amide bonds. The molecule has 0 radical (unpaired) electrons. The van der Waals surface area contributed by atoms with Crippen LogP contribution in [0.3, 0.4) is 0 Å². The summed E-state index contributed by atoms with van der Waals surface area (Å²) in [5, 5.41) is 0. The van der Waals surface area contributed by atoms with Crippen molar-refractivity contribution in [2.24, 2.45) is 0 Å². The van der Waals surface area contributed by atoms with Crippen LogP contribution in [-0.4, -0.2) is 46.3 Å². The molecule has 0 saturated carbocycles. The Kier molecular flexibility index (Phi) is 14.8. The molecule has 0 aliphatic rings. The molecule has 6 heteroatoms. The van der Waals surface area contributed by atoms with E-state index in [9.17, 15) is 0 Å². The van der Waals surface area contributed by atoms with Crippen molar-refractivity contribution in [3.05, 3.63) is 0 Å². The summed E-state index contributed by atoms with van der Waals surface area (Å²) in [6, 6.07) is 5.56. The molecule has 0 aromatic carbocycles. The third-order valence-corrected chi connectivity index (χ3v) is 18.2. The second-order valence-electron chi connectivity index (χ2n) is 10.3. The molecule has 0 aromatic heterocycles. The van der Waals surface area contributed by atoms with Crippen LogP contribution >= 0.6 is 0 Å². The minimum absolute atomic E-state index is 0.937. The van der Waals surface area contributed by atoms with E-state index in [1.54, 1.807) is 33.4 Å². The summed E-state index contributed by atoms with van der Waals surface area (Å²) in [5.41, 5.74) is 0.985. The van der Waals surface area contributed by atoms with Crippen molar-refractivity contribution in [3.8, 4) is 0 Å². The molecule has 1 atom stereocenters. The molecule has 0 aliphatic heterocycles. The van der Waals surface area contributed by atoms with E-state index in [1.807, 2.05) is 0 Å². The van der Waals surface area contributed by atoms with Gasteiger partial charge < -0.3 is 13.3 Å². The van der Waals surface area contributed by atoms with E-state index in [0.29, 0.717) is 0 Å². The second-order valence-corrected chi connectivity index (χ2v) is 24.1. The van der Waals surface area contributed by atoms with E-state index in [-0.39, 0.29) is 0 Å². The maximum Gasteiger partial charge on any atom is 0.500 e. The highest BCUT2D eigenvalue weighted by atomic mass is 28.4. The van der Waals surface area contributed by atoms with Crippen molar-refractivity contribution in [3.63, 3.8) is 0 Å². The first kappa shape index (κ1) is 28.5. The highest BCUT2D eigenvalue weighted by Gasteiger charge is 2.36. The predicted octanol–water partition coefficient (Wildman–Crippen LogP) is 7.81. The zero-order chi connectivity index (χ0) is 21.7. The van der Waals surface area contributed by atoms with Gasteiger partial charge in [0.1, 0.15) is 0 Å². The maximum atomic E-state index is 5.50. The number of unbranched alkanes of at least 4 members (excludes halogenated alkanes) is 5. The van der Waals surface area contributed by atoms with Crippen LogP contribution in [-0.2, 0) is 13.3 Å². The Morgan fingerprint density at radius 2 is 1.11 bits per heavy atom. The van der Waals surface area contributed by atoms with E-state index in [4.69, 9.17) is 13.3 Å².